The molecule has 0 bridgehead atoms. The Morgan fingerprint density at radius 1 is 0.905 bits per heavy atom. The maximum Gasteiger partial charge on any atom is 0.241 e. The van der Waals surface area contributed by atoms with Crippen molar-refractivity contribution in [2.75, 3.05) is 0 Å². The Bertz CT molecular complexity index is 652. The van der Waals surface area contributed by atoms with Gasteiger partial charge in [-0.1, -0.05) is 62.4 Å². The lowest BCUT2D eigenvalue weighted by atomic mass is 9.98. The van der Waals surface area contributed by atoms with Crippen LogP contribution in [0.3, 0.4) is 0 Å². The van der Waals surface area contributed by atoms with Crippen molar-refractivity contribution in [3.05, 3.63) is 66.2 Å². The SMILES string of the molecule is CC(C)C[C@H](NS(=O)(=O)c1ccccc1)c1ccccc1. The molecule has 0 saturated heterocycles. The van der Waals surface area contributed by atoms with E-state index in [0.29, 0.717) is 10.8 Å². The van der Waals surface area contributed by atoms with E-state index in [4.69, 9.17) is 0 Å². The molecule has 0 fully saturated rings. The molecule has 0 unspecified atom stereocenters. The Kier molecular flexibility index (Phi) is 5.15. The van der Waals surface area contributed by atoms with Crippen molar-refractivity contribution >= 4 is 10.0 Å². The van der Waals surface area contributed by atoms with Crippen LogP contribution in [0, 0.1) is 5.92 Å². The predicted molar refractivity (Wildman–Crippen MR) is 85.4 cm³/mol. The molecule has 21 heavy (non-hydrogen) atoms. The van der Waals surface area contributed by atoms with Crippen molar-refractivity contribution in [3.8, 4) is 0 Å². The van der Waals surface area contributed by atoms with Gasteiger partial charge in [0.1, 0.15) is 0 Å². The summed E-state index contributed by atoms with van der Waals surface area (Å²) < 4.78 is 27.8. The molecule has 112 valence electrons. The third-order valence-electron chi connectivity index (χ3n) is 3.26. The molecule has 0 aromatic heterocycles. The second kappa shape index (κ2) is 6.87. The van der Waals surface area contributed by atoms with Crippen molar-refractivity contribution in [3.63, 3.8) is 0 Å². The van der Waals surface area contributed by atoms with Gasteiger partial charge in [0.2, 0.25) is 10.0 Å². The summed E-state index contributed by atoms with van der Waals surface area (Å²) in [6.45, 7) is 4.18. The van der Waals surface area contributed by atoms with Gasteiger partial charge in [-0.15, -0.1) is 0 Å². The van der Waals surface area contributed by atoms with Crippen LogP contribution in [0.1, 0.15) is 31.9 Å². The van der Waals surface area contributed by atoms with Gasteiger partial charge in [0.25, 0.3) is 0 Å². The van der Waals surface area contributed by atoms with Gasteiger partial charge in [-0.25, -0.2) is 13.1 Å². The van der Waals surface area contributed by atoms with Crippen LogP contribution in [-0.2, 0) is 10.0 Å². The molecule has 0 spiro atoms. The van der Waals surface area contributed by atoms with E-state index in [1.165, 1.54) is 0 Å². The third-order valence-corrected chi connectivity index (χ3v) is 4.75. The van der Waals surface area contributed by atoms with E-state index in [9.17, 15) is 8.42 Å². The highest BCUT2D eigenvalue weighted by Crippen LogP contribution is 2.23. The van der Waals surface area contributed by atoms with Crippen molar-refractivity contribution in [1.29, 1.82) is 0 Å². The Morgan fingerprint density at radius 3 is 1.95 bits per heavy atom. The summed E-state index contributed by atoms with van der Waals surface area (Å²) >= 11 is 0. The molecule has 0 amide bonds. The minimum absolute atomic E-state index is 0.212. The van der Waals surface area contributed by atoms with Gasteiger partial charge >= 0.3 is 0 Å². The average molecular weight is 303 g/mol. The monoisotopic (exact) mass is 303 g/mol. The summed E-state index contributed by atoms with van der Waals surface area (Å²) in [7, 11) is -3.50. The van der Waals surface area contributed by atoms with Crippen molar-refractivity contribution in [2.24, 2.45) is 5.92 Å². The van der Waals surface area contributed by atoms with Gasteiger partial charge in [0.05, 0.1) is 4.90 Å². The molecule has 0 saturated carbocycles. The fraction of sp³-hybridized carbons (Fsp3) is 0.294. The topological polar surface area (TPSA) is 46.2 Å². The lowest BCUT2D eigenvalue weighted by Crippen LogP contribution is -2.29. The molecule has 3 nitrogen and oxygen atoms in total. The van der Waals surface area contributed by atoms with Crippen LogP contribution in [0.5, 0.6) is 0 Å². The zero-order valence-electron chi connectivity index (χ0n) is 12.4. The molecular formula is C17H21NO2S. The average Bonchev–Trinajstić information content (AvgIpc) is 2.48. The number of benzene rings is 2. The summed E-state index contributed by atoms with van der Waals surface area (Å²) in [6, 6.07) is 18.0. The van der Waals surface area contributed by atoms with Crippen LogP contribution in [0.15, 0.2) is 65.6 Å². The summed E-state index contributed by atoms with van der Waals surface area (Å²) in [5.41, 5.74) is 0.991. The zero-order chi connectivity index (χ0) is 15.3. The molecule has 1 N–H and O–H groups in total. The first-order chi connectivity index (χ1) is 9.99. The second-order valence-electron chi connectivity index (χ2n) is 5.53. The minimum Gasteiger partial charge on any atom is -0.207 e. The number of sulfonamides is 1. The summed E-state index contributed by atoms with van der Waals surface area (Å²) in [5, 5.41) is 0. The Hall–Kier alpha value is -1.65. The van der Waals surface area contributed by atoms with Crippen LogP contribution >= 0.6 is 0 Å². The normalized spacial score (nSPS) is 13.3. The number of hydrogen-bond acceptors (Lipinski definition) is 2. The lowest BCUT2D eigenvalue weighted by molar-refractivity contribution is 0.472. The van der Waals surface area contributed by atoms with Crippen molar-refractivity contribution in [2.45, 2.75) is 31.2 Å². The summed E-state index contributed by atoms with van der Waals surface area (Å²) in [5.74, 6) is 0.397. The van der Waals surface area contributed by atoms with E-state index in [2.05, 4.69) is 18.6 Å². The molecular weight excluding hydrogens is 282 g/mol. The molecule has 0 aliphatic heterocycles. The number of nitrogens with one attached hydrogen (secondary N) is 1. The first-order valence-corrected chi connectivity index (χ1v) is 8.59. The van der Waals surface area contributed by atoms with Crippen molar-refractivity contribution in [1.82, 2.24) is 4.72 Å². The molecule has 2 rings (SSSR count). The largest absolute Gasteiger partial charge is 0.241 e. The van der Waals surface area contributed by atoms with Crippen LogP contribution in [0.4, 0.5) is 0 Å². The molecule has 0 aliphatic rings. The Morgan fingerprint density at radius 2 is 1.43 bits per heavy atom. The smallest absolute Gasteiger partial charge is 0.207 e. The Balaban J connectivity index is 2.27. The van der Waals surface area contributed by atoms with Crippen LogP contribution in [0.2, 0.25) is 0 Å². The summed E-state index contributed by atoms with van der Waals surface area (Å²) in [6.07, 6.45) is 0.760. The minimum atomic E-state index is -3.50. The quantitative estimate of drug-likeness (QED) is 0.883. The molecule has 0 radical (unpaired) electrons. The zero-order valence-corrected chi connectivity index (χ0v) is 13.2. The molecule has 2 aromatic carbocycles. The highest BCUT2D eigenvalue weighted by atomic mass is 32.2. The highest BCUT2D eigenvalue weighted by molar-refractivity contribution is 7.89. The highest BCUT2D eigenvalue weighted by Gasteiger charge is 2.21. The second-order valence-corrected chi connectivity index (χ2v) is 7.24. The lowest BCUT2D eigenvalue weighted by Gasteiger charge is -2.21. The first kappa shape index (κ1) is 15.7. The van der Waals surface area contributed by atoms with Gasteiger partial charge < -0.3 is 0 Å². The predicted octanol–water partition coefficient (Wildman–Crippen LogP) is 3.75. The van der Waals surface area contributed by atoms with E-state index in [1.807, 2.05) is 36.4 Å². The van der Waals surface area contributed by atoms with Crippen LogP contribution in [-0.4, -0.2) is 8.42 Å². The standard InChI is InChI=1S/C17H21NO2S/c1-14(2)13-17(15-9-5-3-6-10-15)18-21(19,20)16-11-7-4-8-12-16/h3-12,14,17-18H,13H2,1-2H3/t17-/m0/s1. The number of rotatable bonds is 6. The first-order valence-electron chi connectivity index (χ1n) is 7.11. The van der Waals surface area contributed by atoms with Crippen LogP contribution < -0.4 is 4.72 Å². The van der Waals surface area contributed by atoms with E-state index in [1.54, 1.807) is 24.3 Å². The maximum absolute atomic E-state index is 12.5. The number of hydrogen-bond donors (Lipinski definition) is 1. The van der Waals surface area contributed by atoms with E-state index in [-0.39, 0.29) is 6.04 Å². The van der Waals surface area contributed by atoms with Gasteiger partial charge in [0.15, 0.2) is 0 Å². The van der Waals surface area contributed by atoms with Crippen molar-refractivity contribution < 1.29 is 8.42 Å². The van der Waals surface area contributed by atoms with Gasteiger partial charge in [-0.3, -0.25) is 0 Å². The molecule has 0 heterocycles. The molecule has 4 heteroatoms. The maximum atomic E-state index is 12.5. The van der Waals surface area contributed by atoms with Crippen LogP contribution in [0.25, 0.3) is 0 Å². The fourth-order valence-corrected chi connectivity index (χ4v) is 3.52. The van der Waals surface area contributed by atoms with Gasteiger partial charge in [0, 0.05) is 6.04 Å². The van der Waals surface area contributed by atoms with Gasteiger partial charge in [-0.2, -0.15) is 0 Å². The summed E-state index contributed by atoms with van der Waals surface area (Å²) in [4.78, 5) is 0.301. The van der Waals surface area contributed by atoms with E-state index >= 15 is 0 Å². The fourth-order valence-electron chi connectivity index (χ4n) is 2.26. The van der Waals surface area contributed by atoms with Gasteiger partial charge in [-0.05, 0) is 30.0 Å². The Labute approximate surface area is 127 Å². The molecule has 0 aliphatic carbocycles. The van der Waals surface area contributed by atoms with E-state index < -0.39 is 10.0 Å². The molecule has 1 atom stereocenters. The molecule has 2 aromatic rings. The third kappa shape index (κ3) is 4.41. The van der Waals surface area contributed by atoms with E-state index in [0.717, 1.165) is 12.0 Å².